The molecule has 0 aliphatic rings. The molecule has 0 aromatic carbocycles. The Morgan fingerprint density at radius 3 is 2.11 bits per heavy atom. The van der Waals surface area contributed by atoms with E-state index in [1.54, 1.807) is 39.6 Å². The van der Waals surface area contributed by atoms with Crippen LogP contribution in [0.25, 0.3) is 0 Å². The monoisotopic (exact) mass is 271 g/mol. The van der Waals surface area contributed by atoms with Crippen LogP contribution in [0.3, 0.4) is 0 Å². The van der Waals surface area contributed by atoms with E-state index in [2.05, 4.69) is 4.99 Å². The minimum Gasteiger partial charge on any atom is -0.444 e. The van der Waals surface area contributed by atoms with Crippen molar-refractivity contribution in [3.63, 3.8) is 0 Å². The van der Waals surface area contributed by atoms with Crippen molar-refractivity contribution in [1.82, 2.24) is 9.80 Å². The standard InChI is InChI=1S/C13H25N3O3/c1-10(15(5)6)14-11(17)8-9-16(7)12(18)19-13(2,3)4/h8-9H2,1-7H3. The van der Waals surface area contributed by atoms with E-state index in [0.29, 0.717) is 5.84 Å². The molecule has 0 saturated carbocycles. The van der Waals surface area contributed by atoms with Crippen LogP contribution in [-0.2, 0) is 9.53 Å². The molecule has 0 fully saturated rings. The van der Waals surface area contributed by atoms with Crippen molar-refractivity contribution in [2.24, 2.45) is 4.99 Å². The summed E-state index contributed by atoms with van der Waals surface area (Å²) in [6.07, 6.45) is -0.255. The first kappa shape index (κ1) is 17.4. The van der Waals surface area contributed by atoms with E-state index in [9.17, 15) is 9.59 Å². The predicted molar refractivity (Wildman–Crippen MR) is 75.3 cm³/mol. The number of amidine groups is 1. The molecule has 0 unspecified atom stereocenters. The Hall–Kier alpha value is -1.59. The molecule has 6 heteroatoms. The quantitative estimate of drug-likeness (QED) is 0.579. The van der Waals surface area contributed by atoms with Crippen molar-refractivity contribution in [2.75, 3.05) is 27.7 Å². The van der Waals surface area contributed by atoms with E-state index >= 15 is 0 Å². The van der Waals surface area contributed by atoms with Crippen LogP contribution >= 0.6 is 0 Å². The molecule has 0 N–H and O–H groups in total. The zero-order chi connectivity index (χ0) is 15.2. The van der Waals surface area contributed by atoms with Crippen LogP contribution in [0.1, 0.15) is 34.1 Å². The summed E-state index contributed by atoms with van der Waals surface area (Å²) < 4.78 is 5.18. The maximum absolute atomic E-state index is 11.6. The van der Waals surface area contributed by atoms with Gasteiger partial charge in [0.1, 0.15) is 11.4 Å². The highest BCUT2D eigenvalue weighted by Crippen LogP contribution is 2.09. The molecule has 19 heavy (non-hydrogen) atoms. The maximum atomic E-state index is 11.6. The van der Waals surface area contributed by atoms with E-state index in [-0.39, 0.29) is 18.9 Å². The van der Waals surface area contributed by atoms with Gasteiger partial charge in [-0.2, -0.15) is 0 Å². The molecule has 0 bridgehead atoms. The minimum absolute atomic E-state index is 0.181. The van der Waals surface area contributed by atoms with Crippen molar-refractivity contribution in [3.05, 3.63) is 0 Å². The van der Waals surface area contributed by atoms with Crippen LogP contribution in [0.5, 0.6) is 0 Å². The Labute approximate surface area is 115 Å². The first-order valence-corrected chi connectivity index (χ1v) is 6.22. The van der Waals surface area contributed by atoms with Gasteiger partial charge in [0.05, 0.1) is 0 Å². The second-order valence-corrected chi connectivity index (χ2v) is 5.60. The van der Waals surface area contributed by atoms with Gasteiger partial charge < -0.3 is 14.5 Å². The van der Waals surface area contributed by atoms with Gasteiger partial charge >= 0.3 is 6.09 Å². The third kappa shape index (κ3) is 8.18. The summed E-state index contributed by atoms with van der Waals surface area (Å²) >= 11 is 0. The lowest BCUT2D eigenvalue weighted by molar-refractivity contribution is -0.118. The van der Waals surface area contributed by atoms with E-state index in [4.69, 9.17) is 4.74 Å². The van der Waals surface area contributed by atoms with E-state index in [1.807, 2.05) is 14.1 Å². The number of carbonyl (C=O) groups is 2. The number of nitrogens with zero attached hydrogens (tertiary/aromatic N) is 3. The van der Waals surface area contributed by atoms with Crippen LogP contribution < -0.4 is 0 Å². The summed E-state index contributed by atoms with van der Waals surface area (Å²) in [7, 11) is 5.24. The van der Waals surface area contributed by atoms with Gasteiger partial charge in [-0.05, 0) is 27.7 Å². The molecule has 0 aromatic heterocycles. The van der Waals surface area contributed by atoms with Gasteiger partial charge in [0, 0.05) is 34.1 Å². The second-order valence-electron chi connectivity index (χ2n) is 5.60. The number of amides is 2. The Bertz CT molecular complexity index is 357. The molecule has 6 nitrogen and oxygen atoms in total. The lowest BCUT2D eigenvalue weighted by Crippen LogP contribution is -2.35. The topological polar surface area (TPSA) is 62.2 Å². The molecule has 0 atom stereocenters. The van der Waals surface area contributed by atoms with Gasteiger partial charge in [-0.3, -0.25) is 4.79 Å². The van der Waals surface area contributed by atoms with Crippen molar-refractivity contribution in [1.29, 1.82) is 0 Å². The summed E-state index contributed by atoms with van der Waals surface area (Å²) in [5.74, 6) is 0.395. The number of hydrogen-bond acceptors (Lipinski definition) is 3. The Morgan fingerprint density at radius 2 is 1.68 bits per heavy atom. The second kappa shape index (κ2) is 7.11. The molecule has 0 aliphatic heterocycles. The van der Waals surface area contributed by atoms with E-state index in [0.717, 1.165) is 0 Å². The predicted octanol–water partition coefficient (Wildman–Crippen LogP) is 1.75. The third-order valence-electron chi connectivity index (χ3n) is 2.30. The number of aliphatic imine (C=N–C) groups is 1. The first-order chi connectivity index (χ1) is 8.53. The zero-order valence-corrected chi connectivity index (χ0v) is 13.0. The smallest absolute Gasteiger partial charge is 0.410 e. The van der Waals surface area contributed by atoms with Gasteiger partial charge in [0.2, 0.25) is 5.91 Å². The summed E-state index contributed by atoms with van der Waals surface area (Å²) in [5.41, 5.74) is -0.533. The van der Waals surface area contributed by atoms with Gasteiger partial charge in [-0.25, -0.2) is 9.79 Å². The van der Waals surface area contributed by atoms with Crippen LogP contribution in [0, 0.1) is 0 Å². The Morgan fingerprint density at radius 1 is 1.16 bits per heavy atom. The van der Waals surface area contributed by atoms with Crippen LogP contribution in [0.2, 0.25) is 0 Å². The lowest BCUT2D eigenvalue weighted by Gasteiger charge is -2.24. The fourth-order valence-corrected chi connectivity index (χ4v) is 1.03. The normalized spacial score (nSPS) is 12.1. The molecule has 0 rings (SSSR count). The number of hydrogen-bond donors (Lipinski definition) is 0. The molecule has 0 spiro atoms. The molecule has 0 heterocycles. The van der Waals surface area contributed by atoms with E-state index in [1.165, 1.54) is 4.90 Å². The zero-order valence-electron chi connectivity index (χ0n) is 13.0. The third-order valence-corrected chi connectivity index (χ3v) is 2.30. The molecular weight excluding hydrogens is 246 g/mol. The fourth-order valence-electron chi connectivity index (χ4n) is 1.03. The molecular formula is C13H25N3O3. The largest absolute Gasteiger partial charge is 0.444 e. The first-order valence-electron chi connectivity index (χ1n) is 6.22. The van der Waals surface area contributed by atoms with Crippen LogP contribution in [-0.4, -0.2) is 60.9 Å². The van der Waals surface area contributed by atoms with Crippen LogP contribution in [0.4, 0.5) is 4.79 Å². The van der Waals surface area contributed by atoms with Gasteiger partial charge in [-0.15, -0.1) is 0 Å². The van der Waals surface area contributed by atoms with Gasteiger partial charge in [0.15, 0.2) is 0 Å². The maximum Gasteiger partial charge on any atom is 0.410 e. The SMILES string of the molecule is CC(=NC(=O)CCN(C)C(=O)OC(C)(C)C)N(C)C. The highest BCUT2D eigenvalue weighted by molar-refractivity contribution is 5.93. The van der Waals surface area contributed by atoms with Crippen molar-refractivity contribution < 1.29 is 14.3 Å². The summed E-state index contributed by atoms with van der Waals surface area (Å²) in [6, 6.07) is 0. The van der Waals surface area contributed by atoms with Crippen molar-refractivity contribution in [2.45, 2.75) is 39.7 Å². The highest BCUT2D eigenvalue weighted by atomic mass is 16.6. The summed E-state index contributed by atoms with van der Waals surface area (Å²) in [4.78, 5) is 30.3. The molecule has 0 saturated heterocycles. The average molecular weight is 271 g/mol. The molecule has 0 aromatic rings. The minimum atomic E-state index is -0.533. The van der Waals surface area contributed by atoms with E-state index < -0.39 is 11.7 Å². The Kier molecular flexibility index (Phi) is 6.52. The number of rotatable bonds is 3. The van der Waals surface area contributed by atoms with Crippen molar-refractivity contribution in [3.8, 4) is 0 Å². The summed E-state index contributed by atoms with van der Waals surface area (Å²) in [6.45, 7) is 7.45. The molecule has 0 aliphatic carbocycles. The number of ether oxygens (including phenoxy) is 1. The molecule has 0 radical (unpaired) electrons. The molecule has 110 valence electrons. The summed E-state index contributed by atoms with van der Waals surface area (Å²) in [5, 5.41) is 0. The van der Waals surface area contributed by atoms with Gasteiger partial charge in [0.25, 0.3) is 0 Å². The van der Waals surface area contributed by atoms with Crippen molar-refractivity contribution >= 4 is 17.8 Å². The lowest BCUT2D eigenvalue weighted by atomic mass is 10.2. The Balaban J connectivity index is 4.24. The fraction of sp³-hybridized carbons (Fsp3) is 0.769. The highest BCUT2D eigenvalue weighted by Gasteiger charge is 2.19. The van der Waals surface area contributed by atoms with Gasteiger partial charge in [-0.1, -0.05) is 0 Å². The average Bonchev–Trinajstić information content (AvgIpc) is 2.23. The van der Waals surface area contributed by atoms with Crippen LogP contribution in [0.15, 0.2) is 4.99 Å². The molecule has 2 amide bonds. The number of carbonyl (C=O) groups excluding carboxylic acids is 2.